The molecule has 0 aliphatic heterocycles. The molecule has 0 fully saturated rings. The highest BCUT2D eigenvalue weighted by molar-refractivity contribution is 5.44. The minimum Gasteiger partial charge on any atom is -0.493 e. The largest absolute Gasteiger partial charge is 0.493 e. The summed E-state index contributed by atoms with van der Waals surface area (Å²) in [6.07, 6.45) is 1.90. The highest BCUT2D eigenvalue weighted by Gasteiger charge is 2.07. The van der Waals surface area contributed by atoms with Crippen LogP contribution in [0.2, 0.25) is 0 Å². The van der Waals surface area contributed by atoms with Crippen molar-refractivity contribution in [3.63, 3.8) is 0 Å². The summed E-state index contributed by atoms with van der Waals surface area (Å²) in [4.78, 5) is 0. The Hall–Kier alpha value is -1.44. The number of allylic oxidation sites excluding steroid dienone is 1. The summed E-state index contributed by atoms with van der Waals surface area (Å²) in [6, 6.07) is 5.91. The topological polar surface area (TPSA) is 18.5 Å². The second-order valence-corrected chi connectivity index (χ2v) is 3.14. The molecule has 0 aromatic heterocycles. The lowest BCUT2D eigenvalue weighted by Gasteiger charge is -2.11. The molecule has 1 aromatic rings. The molecular weight excluding hydrogens is 176 g/mol. The highest BCUT2D eigenvalue weighted by atomic mass is 16.5. The monoisotopic (exact) mass is 192 g/mol. The van der Waals surface area contributed by atoms with E-state index in [4.69, 9.17) is 9.47 Å². The molecule has 1 rings (SSSR count). The third kappa shape index (κ3) is 2.08. The normalized spacial score (nSPS) is 11.9. The second-order valence-electron chi connectivity index (χ2n) is 3.14. The van der Waals surface area contributed by atoms with Crippen LogP contribution in [0.5, 0.6) is 11.5 Å². The summed E-state index contributed by atoms with van der Waals surface area (Å²) < 4.78 is 10.4. The van der Waals surface area contributed by atoms with Crippen molar-refractivity contribution < 1.29 is 9.47 Å². The molecule has 0 spiro atoms. The average molecular weight is 192 g/mol. The van der Waals surface area contributed by atoms with Crippen molar-refractivity contribution in [1.82, 2.24) is 0 Å². The molecule has 0 radical (unpaired) electrons. The third-order valence-corrected chi connectivity index (χ3v) is 2.29. The predicted molar refractivity (Wildman–Crippen MR) is 58.2 cm³/mol. The van der Waals surface area contributed by atoms with Crippen molar-refractivity contribution >= 4 is 0 Å². The van der Waals surface area contributed by atoms with E-state index in [1.165, 1.54) is 5.56 Å². The van der Waals surface area contributed by atoms with Crippen molar-refractivity contribution in [2.75, 3.05) is 14.2 Å². The van der Waals surface area contributed by atoms with E-state index in [2.05, 4.69) is 13.5 Å². The van der Waals surface area contributed by atoms with Gasteiger partial charge in [0.25, 0.3) is 0 Å². The van der Waals surface area contributed by atoms with Gasteiger partial charge in [0.2, 0.25) is 0 Å². The van der Waals surface area contributed by atoms with Gasteiger partial charge in [0.15, 0.2) is 11.5 Å². The number of benzene rings is 1. The van der Waals surface area contributed by atoms with Crippen LogP contribution in [0, 0.1) is 0 Å². The second kappa shape index (κ2) is 4.70. The molecule has 2 nitrogen and oxygen atoms in total. The summed E-state index contributed by atoms with van der Waals surface area (Å²) in [5.74, 6) is 1.85. The summed E-state index contributed by atoms with van der Waals surface area (Å²) in [7, 11) is 3.27. The standard InChI is InChI=1S/C12H16O2/c1-5-9(2)10-6-7-11(13-3)12(8-10)14-4/h5-9H,1H2,2-4H3/t9-/m0/s1. The van der Waals surface area contributed by atoms with E-state index in [1.807, 2.05) is 24.3 Å². The molecule has 0 aliphatic carbocycles. The van der Waals surface area contributed by atoms with Crippen molar-refractivity contribution in [3.8, 4) is 11.5 Å². The van der Waals surface area contributed by atoms with E-state index in [-0.39, 0.29) is 0 Å². The van der Waals surface area contributed by atoms with Crippen molar-refractivity contribution in [2.24, 2.45) is 0 Å². The molecule has 14 heavy (non-hydrogen) atoms. The number of methoxy groups -OCH3 is 2. The maximum atomic E-state index is 5.21. The van der Waals surface area contributed by atoms with Gasteiger partial charge in [0.1, 0.15) is 0 Å². The van der Waals surface area contributed by atoms with Crippen LogP contribution in [0.4, 0.5) is 0 Å². The predicted octanol–water partition coefficient (Wildman–Crippen LogP) is 2.99. The molecule has 0 saturated carbocycles. The van der Waals surface area contributed by atoms with Crippen LogP contribution >= 0.6 is 0 Å². The smallest absolute Gasteiger partial charge is 0.161 e. The van der Waals surface area contributed by atoms with Gasteiger partial charge in [0.05, 0.1) is 14.2 Å². The zero-order valence-corrected chi connectivity index (χ0v) is 8.91. The van der Waals surface area contributed by atoms with E-state index in [0.29, 0.717) is 5.92 Å². The number of rotatable bonds is 4. The first-order valence-corrected chi connectivity index (χ1v) is 4.57. The van der Waals surface area contributed by atoms with Gasteiger partial charge in [-0.2, -0.15) is 0 Å². The van der Waals surface area contributed by atoms with Crippen molar-refractivity contribution in [3.05, 3.63) is 36.4 Å². The summed E-state index contributed by atoms with van der Waals surface area (Å²) in [5, 5.41) is 0. The molecule has 1 atom stereocenters. The Bertz CT molecular complexity index is 318. The van der Waals surface area contributed by atoms with Gasteiger partial charge in [-0.3, -0.25) is 0 Å². The first kappa shape index (κ1) is 10.6. The Morgan fingerprint density at radius 1 is 1.21 bits per heavy atom. The van der Waals surface area contributed by atoms with Gasteiger partial charge in [-0.05, 0) is 23.6 Å². The van der Waals surface area contributed by atoms with E-state index in [0.717, 1.165) is 11.5 Å². The first-order chi connectivity index (χ1) is 6.72. The van der Waals surface area contributed by atoms with Crippen LogP contribution in [-0.4, -0.2) is 14.2 Å². The highest BCUT2D eigenvalue weighted by Crippen LogP contribution is 2.30. The van der Waals surface area contributed by atoms with Gasteiger partial charge in [-0.25, -0.2) is 0 Å². The molecule has 76 valence electrons. The minimum absolute atomic E-state index is 0.329. The number of ether oxygens (including phenoxy) is 2. The van der Waals surface area contributed by atoms with Gasteiger partial charge in [0, 0.05) is 0 Å². The molecule has 1 aromatic carbocycles. The average Bonchev–Trinajstić information content (AvgIpc) is 2.26. The summed E-state index contributed by atoms with van der Waals surface area (Å²) >= 11 is 0. The molecule has 0 N–H and O–H groups in total. The van der Waals surface area contributed by atoms with Gasteiger partial charge in [-0.15, -0.1) is 6.58 Å². The van der Waals surface area contributed by atoms with Gasteiger partial charge < -0.3 is 9.47 Å². The fourth-order valence-electron chi connectivity index (χ4n) is 1.27. The lowest BCUT2D eigenvalue weighted by atomic mass is 10.0. The van der Waals surface area contributed by atoms with Crippen molar-refractivity contribution in [1.29, 1.82) is 0 Å². The van der Waals surface area contributed by atoms with Crippen LogP contribution in [0.15, 0.2) is 30.9 Å². The Morgan fingerprint density at radius 3 is 2.36 bits per heavy atom. The van der Waals surface area contributed by atoms with Crippen LogP contribution < -0.4 is 9.47 Å². The van der Waals surface area contributed by atoms with Crippen LogP contribution in [0.3, 0.4) is 0 Å². The van der Waals surface area contributed by atoms with E-state index in [9.17, 15) is 0 Å². The molecule has 0 amide bonds. The fraction of sp³-hybridized carbons (Fsp3) is 0.333. The lowest BCUT2D eigenvalue weighted by Crippen LogP contribution is -1.94. The molecule has 0 heterocycles. The SMILES string of the molecule is C=C[C@H](C)c1ccc(OC)c(OC)c1. The molecule has 0 aliphatic rings. The third-order valence-electron chi connectivity index (χ3n) is 2.29. The summed E-state index contributed by atoms with van der Waals surface area (Å²) in [6.45, 7) is 5.85. The number of hydrogen-bond acceptors (Lipinski definition) is 2. The summed E-state index contributed by atoms with van der Waals surface area (Å²) in [5.41, 5.74) is 1.18. The maximum Gasteiger partial charge on any atom is 0.161 e. The first-order valence-electron chi connectivity index (χ1n) is 4.57. The molecule has 2 heteroatoms. The zero-order valence-electron chi connectivity index (χ0n) is 8.91. The zero-order chi connectivity index (χ0) is 10.6. The van der Waals surface area contributed by atoms with Crippen molar-refractivity contribution in [2.45, 2.75) is 12.8 Å². The number of hydrogen-bond donors (Lipinski definition) is 0. The molecule has 0 bridgehead atoms. The van der Waals surface area contributed by atoms with Crippen LogP contribution in [-0.2, 0) is 0 Å². The lowest BCUT2D eigenvalue weighted by molar-refractivity contribution is 0.354. The van der Waals surface area contributed by atoms with Crippen LogP contribution in [0.25, 0.3) is 0 Å². The van der Waals surface area contributed by atoms with E-state index < -0.39 is 0 Å². The fourth-order valence-corrected chi connectivity index (χ4v) is 1.27. The van der Waals surface area contributed by atoms with Gasteiger partial charge in [-0.1, -0.05) is 19.1 Å². The maximum absolute atomic E-state index is 5.21. The molecule has 0 saturated heterocycles. The Morgan fingerprint density at radius 2 is 1.86 bits per heavy atom. The Labute approximate surface area is 85.2 Å². The molecule has 0 unspecified atom stereocenters. The Kier molecular flexibility index (Phi) is 3.57. The van der Waals surface area contributed by atoms with E-state index in [1.54, 1.807) is 14.2 Å². The quantitative estimate of drug-likeness (QED) is 0.683. The van der Waals surface area contributed by atoms with Crippen LogP contribution in [0.1, 0.15) is 18.4 Å². The van der Waals surface area contributed by atoms with E-state index >= 15 is 0 Å². The minimum atomic E-state index is 0.329. The molecular formula is C12H16O2. The van der Waals surface area contributed by atoms with Gasteiger partial charge >= 0.3 is 0 Å². The Balaban J connectivity index is 3.06.